The maximum atomic E-state index is 14.6. The second kappa shape index (κ2) is 8.21. The van der Waals surface area contributed by atoms with E-state index >= 15 is 0 Å². The highest BCUT2D eigenvalue weighted by molar-refractivity contribution is 7.73. The lowest BCUT2D eigenvalue weighted by molar-refractivity contribution is 0.0531. The zero-order valence-corrected chi connectivity index (χ0v) is 18.3. The van der Waals surface area contributed by atoms with E-state index in [2.05, 4.69) is 11.6 Å². The molecule has 0 spiro atoms. The highest BCUT2D eigenvalue weighted by Gasteiger charge is 2.23. The van der Waals surface area contributed by atoms with Crippen LogP contribution in [0.2, 0.25) is 0 Å². The van der Waals surface area contributed by atoms with Gasteiger partial charge in [0.25, 0.3) is 5.56 Å². The Hall–Kier alpha value is -2.69. The van der Waals surface area contributed by atoms with Crippen molar-refractivity contribution in [3.05, 3.63) is 67.7 Å². The van der Waals surface area contributed by atoms with E-state index in [-0.39, 0.29) is 23.6 Å². The second-order valence-corrected chi connectivity index (χ2v) is 9.04. The van der Waals surface area contributed by atoms with Crippen LogP contribution in [0.4, 0.5) is 4.39 Å². The number of hydrogen-bond acceptors (Lipinski definition) is 7. The molecule has 0 atom stereocenters. The molecule has 0 saturated carbocycles. The maximum Gasteiger partial charge on any atom is 0.348 e. The number of rotatable bonds is 6. The Balaban J connectivity index is 1.89. The van der Waals surface area contributed by atoms with E-state index < -0.39 is 11.8 Å². The summed E-state index contributed by atoms with van der Waals surface area (Å²) < 4.78 is 24.4. The molecule has 154 valence electrons. The minimum Gasteiger partial charge on any atom is -0.462 e. The van der Waals surface area contributed by atoms with Gasteiger partial charge in [-0.15, -0.1) is 17.9 Å². The Morgan fingerprint density at radius 3 is 2.93 bits per heavy atom. The number of benzene rings is 1. The van der Waals surface area contributed by atoms with Crippen molar-refractivity contribution < 1.29 is 13.9 Å². The monoisotopic (exact) mass is 461 g/mol. The normalized spacial score (nSPS) is 11.3. The standard InChI is InChI=1S/C20H16FN3O3S3/c1-3-8-24-17-16(30-20(24)28)18(25)23(10-22-17)9-11-14-12(21)6-5-7-13(14)29-15(11)19(26)27-4-2/h3,5-7,10H,1,4,8-9H2,2H3. The van der Waals surface area contributed by atoms with Crippen molar-refractivity contribution >= 4 is 61.3 Å². The fourth-order valence-corrected chi connectivity index (χ4v) is 5.66. The number of esters is 1. The Kier molecular flexibility index (Phi) is 5.63. The zero-order valence-electron chi connectivity index (χ0n) is 15.9. The van der Waals surface area contributed by atoms with Crippen LogP contribution in [0, 0.1) is 9.77 Å². The van der Waals surface area contributed by atoms with Gasteiger partial charge in [-0.05, 0) is 31.3 Å². The molecule has 3 heterocycles. The van der Waals surface area contributed by atoms with Gasteiger partial charge in [-0.3, -0.25) is 9.36 Å². The fourth-order valence-electron chi connectivity index (χ4n) is 3.22. The lowest BCUT2D eigenvalue weighted by Gasteiger charge is -2.08. The van der Waals surface area contributed by atoms with Crippen LogP contribution in [0.1, 0.15) is 22.2 Å². The van der Waals surface area contributed by atoms with Crippen molar-refractivity contribution in [3.63, 3.8) is 0 Å². The first-order valence-electron chi connectivity index (χ1n) is 9.03. The first-order valence-corrected chi connectivity index (χ1v) is 11.1. The van der Waals surface area contributed by atoms with Gasteiger partial charge in [0.05, 0.1) is 13.2 Å². The van der Waals surface area contributed by atoms with Gasteiger partial charge in [0.2, 0.25) is 0 Å². The molecule has 0 amide bonds. The first kappa shape index (κ1) is 20.6. The molecule has 0 fully saturated rings. The third-order valence-corrected chi connectivity index (χ3v) is 7.11. The molecule has 3 aromatic heterocycles. The van der Waals surface area contributed by atoms with Crippen molar-refractivity contribution in [2.45, 2.75) is 20.0 Å². The van der Waals surface area contributed by atoms with E-state index in [1.54, 1.807) is 29.7 Å². The Morgan fingerprint density at radius 1 is 1.40 bits per heavy atom. The minimum absolute atomic E-state index is 0.0109. The Labute approximate surface area is 183 Å². The van der Waals surface area contributed by atoms with Gasteiger partial charge in [0, 0.05) is 22.2 Å². The number of carbonyl (C=O) groups is 1. The first-order chi connectivity index (χ1) is 14.5. The number of carbonyl (C=O) groups excluding carboxylic acids is 1. The predicted octanol–water partition coefficient (Wildman–Crippen LogP) is 4.75. The molecular weight excluding hydrogens is 445 g/mol. The van der Waals surface area contributed by atoms with Gasteiger partial charge in [-0.2, -0.15) is 0 Å². The summed E-state index contributed by atoms with van der Waals surface area (Å²) in [5.74, 6) is -0.993. The molecule has 0 unspecified atom stereocenters. The number of halogens is 1. The SMILES string of the molecule is C=CCn1c(=S)sc2c(=O)n(Cc3c(C(=O)OCC)sc4cccc(F)c34)cnc21. The lowest BCUT2D eigenvalue weighted by atomic mass is 10.1. The molecule has 0 N–H and O–H groups in total. The summed E-state index contributed by atoms with van der Waals surface area (Å²) in [6.45, 7) is 6.04. The molecule has 10 heteroatoms. The molecule has 4 aromatic rings. The minimum atomic E-state index is -0.539. The number of thiophene rings is 1. The van der Waals surface area contributed by atoms with Crippen LogP contribution in [0.15, 0.2) is 42.0 Å². The van der Waals surface area contributed by atoms with Gasteiger partial charge in [0.15, 0.2) is 9.60 Å². The quantitative estimate of drug-likeness (QED) is 0.235. The molecule has 6 nitrogen and oxygen atoms in total. The third-order valence-electron chi connectivity index (χ3n) is 4.51. The van der Waals surface area contributed by atoms with Crippen LogP contribution in [0.5, 0.6) is 0 Å². The van der Waals surface area contributed by atoms with Crippen molar-refractivity contribution in [1.29, 1.82) is 0 Å². The second-order valence-electron chi connectivity index (χ2n) is 6.34. The fraction of sp³-hybridized carbons (Fsp3) is 0.200. The number of thiazole rings is 1. The summed E-state index contributed by atoms with van der Waals surface area (Å²) in [6, 6.07) is 4.65. The number of allylic oxidation sites excluding steroid dienone is 1. The van der Waals surface area contributed by atoms with Crippen molar-refractivity contribution in [3.8, 4) is 0 Å². The third kappa shape index (κ3) is 3.40. The van der Waals surface area contributed by atoms with Gasteiger partial charge in [-0.25, -0.2) is 14.2 Å². The molecule has 4 rings (SSSR count). The topological polar surface area (TPSA) is 66.1 Å². The largest absolute Gasteiger partial charge is 0.462 e. The number of ether oxygens (including phenoxy) is 1. The summed E-state index contributed by atoms with van der Waals surface area (Å²) in [7, 11) is 0. The van der Waals surface area contributed by atoms with E-state index in [9.17, 15) is 14.0 Å². The predicted molar refractivity (Wildman–Crippen MR) is 120 cm³/mol. The van der Waals surface area contributed by atoms with Gasteiger partial charge >= 0.3 is 5.97 Å². The molecule has 0 radical (unpaired) electrons. The van der Waals surface area contributed by atoms with Crippen LogP contribution in [-0.2, 0) is 17.8 Å². The van der Waals surface area contributed by atoms with Crippen LogP contribution >= 0.6 is 34.9 Å². The molecule has 0 aliphatic carbocycles. The summed E-state index contributed by atoms with van der Waals surface area (Å²) in [5, 5.41) is 0.314. The van der Waals surface area contributed by atoms with Crippen LogP contribution in [0.25, 0.3) is 20.4 Å². The molecule has 30 heavy (non-hydrogen) atoms. The smallest absolute Gasteiger partial charge is 0.348 e. The van der Waals surface area contributed by atoms with Gasteiger partial charge < -0.3 is 9.30 Å². The number of fused-ring (bicyclic) bond motifs is 2. The number of aromatic nitrogens is 3. The van der Waals surface area contributed by atoms with Gasteiger partial charge in [0.1, 0.15) is 21.7 Å². The average Bonchev–Trinajstić information content (AvgIpc) is 3.24. The summed E-state index contributed by atoms with van der Waals surface area (Å²) in [6.07, 6.45) is 3.08. The van der Waals surface area contributed by atoms with Gasteiger partial charge in [-0.1, -0.05) is 23.5 Å². The van der Waals surface area contributed by atoms with Crippen LogP contribution in [0.3, 0.4) is 0 Å². The van der Waals surface area contributed by atoms with Crippen LogP contribution in [-0.4, -0.2) is 26.7 Å². The number of hydrogen-bond donors (Lipinski definition) is 0. The lowest BCUT2D eigenvalue weighted by Crippen LogP contribution is -2.22. The van der Waals surface area contributed by atoms with Crippen molar-refractivity contribution in [1.82, 2.24) is 14.1 Å². The molecule has 0 bridgehead atoms. The summed E-state index contributed by atoms with van der Waals surface area (Å²) >= 11 is 7.66. The molecule has 0 aliphatic heterocycles. The molecule has 0 saturated heterocycles. The summed E-state index contributed by atoms with van der Waals surface area (Å²) in [5.41, 5.74) is 0.589. The summed E-state index contributed by atoms with van der Waals surface area (Å²) in [4.78, 5) is 30.3. The molecule has 0 aliphatic rings. The highest BCUT2D eigenvalue weighted by atomic mass is 32.1. The number of nitrogens with zero attached hydrogens (tertiary/aromatic N) is 3. The van der Waals surface area contributed by atoms with E-state index in [1.807, 2.05) is 0 Å². The Morgan fingerprint density at radius 2 is 2.20 bits per heavy atom. The maximum absolute atomic E-state index is 14.6. The van der Waals surface area contributed by atoms with E-state index in [0.717, 1.165) is 11.3 Å². The van der Waals surface area contributed by atoms with Crippen molar-refractivity contribution in [2.75, 3.05) is 6.61 Å². The zero-order chi connectivity index (χ0) is 21.4. The van der Waals surface area contributed by atoms with Crippen LogP contribution < -0.4 is 5.56 Å². The average molecular weight is 462 g/mol. The van der Waals surface area contributed by atoms with E-state index in [1.165, 1.54) is 28.3 Å². The Bertz CT molecular complexity index is 1410. The van der Waals surface area contributed by atoms with E-state index in [4.69, 9.17) is 17.0 Å². The van der Waals surface area contributed by atoms with Crippen molar-refractivity contribution in [2.24, 2.45) is 0 Å². The molecular formula is C20H16FN3O3S3. The molecule has 1 aromatic carbocycles. The van der Waals surface area contributed by atoms with E-state index in [0.29, 0.717) is 36.5 Å². The highest BCUT2D eigenvalue weighted by Crippen LogP contribution is 2.34.